The molecule has 45 heavy (non-hydrogen) atoms. The molecule has 0 radical (unpaired) electrons. The second-order valence-electron chi connectivity index (χ2n) is 14.7. The molecule has 1 aromatic rings. The molecule has 0 amide bonds. The Balaban J connectivity index is 1.30. The molecule has 4 bridgehead atoms. The van der Waals surface area contributed by atoms with Gasteiger partial charge in [-0.2, -0.15) is 13.2 Å². The summed E-state index contributed by atoms with van der Waals surface area (Å²) in [6, 6.07) is 5.19. The zero-order chi connectivity index (χ0) is 32.5. The van der Waals surface area contributed by atoms with Gasteiger partial charge >= 0.3 is 12.1 Å². The Morgan fingerprint density at radius 2 is 1.87 bits per heavy atom. The van der Waals surface area contributed by atoms with Crippen molar-refractivity contribution in [1.82, 2.24) is 4.90 Å². The van der Waals surface area contributed by atoms with Crippen LogP contribution in [0.5, 0.6) is 0 Å². The van der Waals surface area contributed by atoms with Gasteiger partial charge in [-0.1, -0.05) is 51.0 Å². The summed E-state index contributed by atoms with van der Waals surface area (Å²) >= 11 is 0. The van der Waals surface area contributed by atoms with Crippen LogP contribution in [-0.2, 0) is 36.5 Å². The number of carbonyl (C=O) groups excluding carboxylic acids is 1. The first-order valence-electron chi connectivity index (χ1n) is 16.4. The van der Waals surface area contributed by atoms with Crippen molar-refractivity contribution in [1.29, 1.82) is 0 Å². The average molecular weight is 634 g/mol. The highest BCUT2D eigenvalue weighted by atomic mass is 19.4. The van der Waals surface area contributed by atoms with Gasteiger partial charge in [0.15, 0.2) is 0 Å². The van der Waals surface area contributed by atoms with E-state index in [1.54, 1.807) is 7.11 Å². The maximum atomic E-state index is 13.7. The predicted molar refractivity (Wildman–Crippen MR) is 160 cm³/mol. The van der Waals surface area contributed by atoms with E-state index in [1.165, 1.54) is 12.1 Å². The van der Waals surface area contributed by atoms with Crippen LogP contribution in [0.1, 0.15) is 64.5 Å². The largest absolute Gasteiger partial charge is 0.480 e. The molecule has 1 aromatic carbocycles. The Morgan fingerprint density at radius 1 is 1.16 bits per heavy atom. The van der Waals surface area contributed by atoms with Gasteiger partial charge in [0.2, 0.25) is 0 Å². The molecule has 0 spiro atoms. The van der Waals surface area contributed by atoms with Gasteiger partial charge in [-0.25, -0.2) is 0 Å². The van der Waals surface area contributed by atoms with Crippen LogP contribution < -0.4 is 0 Å². The number of rotatable bonds is 9. The van der Waals surface area contributed by atoms with E-state index in [-0.39, 0.29) is 42.5 Å². The number of aldehydes is 1. The molecule has 7 nitrogen and oxygen atoms in total. The van der Waals surface area contributed by atoms with Gasteiger partial charge in [0.25, 0.3) is 0 Å². The van der Waals surface area contributed by atoms with Crippen LogP contribution in [0.25, 0.3) is 0 Å². The molecule has 0 unspecified atom stereocenters. The monoisotopic (exact) mass is 633 g/mol. The van der Waals surface area contributed by atoms with Crippen molar-refractivity contribution < 1.29 is 42.1 Å². The van der Waals surface area contributed by atoms with Crippen molar-refractivity contribution >= 4 is 12.3 Å². The van der Waals surface area contributed by atoms with Crippen LogP contribution >= 0.6 is 0 Å². The Kier molecular flexibility index (Phi) is 8.32. The Bertz CT molecular complexity index is 1330. The summed E-state index contributed by atoms with van der Waals surface area (Å²) in [5.74, 6) is -0.617. The van der Waals surface area contributed by atoms with E-state index < -0.39 is 40.2 Å². The van der Waals surface area contributed by atoms with Crippen molar-refractivity contribution in [3.63, 3.8) is 0 Å². The van der Waals surface area contributed by atoms with Gasteiger partial charge in [-0.05, 0) is 67.6 Å². The molecule has 4 fully saturated rings. The molecule has 1 heterocycles. The number of hydrogen-bond acceptors (Lipinski definition) is 6. The number of halogens is 3. The summed E-state index contributed by atoms with van der Waals surface area (Å²) in [4.78, 5) is 29.1. The average Bonchev–Trinajstić information content (AvgIpc) is 3.50. The van der Waals surface area contributed by atoms with Crippen molar-refractivity contribution in [2.24, 2.45) is 40.4 Å². The molecule has 10 atom stereocenters. The molecule has 3 saturated carbocycles. The smallest absolute Gasteiger partial charge is 0.416 e. The number of hydrogen-bond donors (Lipinski definition) is 1. The maximum absolute atomic E-state index is 13.7. The van der Waals surface area contributed by atoms with Crippen molar-refractivity contribution in [2.75, 3.05) is 26.8 Å². The van der Waals surface area contributed by atoms with Gasteiger partial charge in [-0.15, -0.1) is 0 Å². The minimum atomic E-state index is -4.40. The SMILES string of the molecule is CO[C@H]1CN(Cc2ccc(C(F)(F)F)cc2)C[C@H](CO[C@@]23C[C@@H]4[C@H](C)CC[C@H]4[C@@]4(C=O)C[C@@H]2C=C(C(C)C)[C@@]34C(=O)O)O[C@@H]1C. The summed E-state index contributed by atoms with van der Waals surface area (Å²) in [6.07, 6.45) is 0.597. The Labute approximate surface area is 263 Å². The highest BCUT2D eigenvalue weighted by Crippen LogP contribution is 2.80. The van der Waals surface area contributed by atoms with Crippen LogP contribution in [0.2, 0.25) is 0 Å². The van der Waals surface area contributed by atoms with E-state index in [1.807, 2.05) is 20.8 Å². The fourth-order valence-electron chi connectivity index (χ4n) is 10.3. The maximum Gasteiger partial charge on any atom is 0.416 e. The van der Waals surface area contributed by atoms with Crippen LogP contribution in [0, 0.1) is 40.4 Å². The number of aliphatic carboxylic acids is 1. The number of benzene rings is 1. The predicted octanol–water partition coefficient (Wildman–Crippen LogP) is 6.00. The molecule has 5 aliphatic rings. The van der Waals surface area contributed by atoms with Crippen molar-refractivity contribution in [3.8, 4) is 0 Å². The Hall–Kier alpha value is -2.27. The molecule has 10 heteroatoms. The van der Waals surface area contributed by atoms with E-state index in [4.69, 9.17) is 14.2 Å². The Morgan fingerprint density at radius 3 is 2.47 bits per heavy atom. The second-order valence-corrected chi connectivity index (χ2v) is 14.7. The zero-order valence-corrected chi connectivity index (χ0v) is 26.8. The van der Waals surface area contributed by atoms with Gasteiger partial charge < -0.3 is 24.1 Å². The highest BCUT2D eigenvalue weighted by Gasteiger charge is 2.85. The fraction of sp³-hybridized carbons (Fsp3) is 0.714. The normalized spacial score (nSPS) is 41.2. The fourth-order valence-corrected chi connectivity index (χ4v) is 10.3. The van der Waals surface area contributed by atoms with Crippen LogP contribution in [-0.4, -0.2) is 73.0 Å². The molecular weight excluding hydrogens is 587 g/mol. The number of methoxy groups -OCH3 is 1. The van der Waals surface area contributed by atoms with Gasteiger partial charge in [0.1, 0.15) is 11.7 Å². The number of nitrogens with zero attached hydrogens (tertiary/aromatic N) is 1. The lowest BCUT2D eigenvalue weighted by atomic mass is 9.45. The molecule has 248 valence electrons. The van der Waals surface area contributed by atoms with Gasteiger partial charge in [0, 0.05) is 32.7 Å². The minimum Gasteiger partial charge on any atom is -0.480 e. The number of carboxylic acids is 1. The number of carboxylic acid groups (broad SMARTS) is 1. The number of alkyl halides is 3. The zero-order valence-electron chi connectivity index (χ0n) is 26.8. The molecule has 6 rings (SSSR count). The quantitative estimate of drug-likeness (QED) is 0.264. The lowest BCUT2D eigenvalue weighted by molar-refractivity contribution is -0.218. The first-order chi connectivity index (χ1) is 21.2. The lowest BCUT2D eigenvalue weighted by Crippen LogP contribution is -2.66. The second kappa shape index (κ2) is 11.5. The molecule has 4 aliphatic carbocycles. The van der Waals surface area contributed by atoms with E-state index in [2.05, 4.69) is 17.9 Å². The number of fused-ring (bicyclic) bond motifs is 2. The first-order valence-corrected chi connectivity index (χ1v) is 16.4. The standard InChI is InChI=1S/C35H46F3NO6/c1-20(2)29-12-25-13-32(19-40)28-11-6-21(3)27(28)14-33(25,34(29,32)31(41)42)44-18-26-16-39(17-30(43-5)22(4)45-26)15-23-7-9-24(10-8-23)35(36,37)38/h7-10,12,19-22,25-28,30H,6,11,13-18H2,1-5H3,(H,41,42)/t21-,22-,25+,26-,27-,28-,30+,32+,33+,34+/m1/s1. The topological polar surface area (TPSA) is 85.3 Å². The van der Waals surface area contributed by atoms with Gasteiger partial charge in [0.05, 0.1) is 41.5 Å². The van der Waals surface area contributed by atoms with E-state index in [0.29, 0.717) is 38.4 Å². The lowest BCUT2D eigenvalue weighted by Gasteiger charge is -2.58. The van der Waals surface area contributed by atoms with Gasteiger partial charge in [-0.3, -0.25) is 9.69 Å². The van der Waals surface area contributed by atoms with Crippen LogP contribution in [0.4, 0.5) is 13.2 Å². The summed E-state index contributed by atoms with van der Waals surface area (Å²) in [7, 11) is 1.61. The van der Waals surface area contributed by atoms with Crippen LogP contribution in [0.3, 0.4) is 0 Å². The summed E-state index contributed by atoms with van der Waals surface area (Å²) in [5.41, 5.74) is -2.65. The molecule has 1 aliphatic heterocycles. The molecule has 1 N–H and O–H groups in total. The third-order valence-corrected chi connectivity index (χ3v) is 12.2. The summed E-state index contributed by atoms with van der Waals surface area (Å²) in [5, 5.41) is 11.2. The molecular formula is C35H46F3NO6. The summed E-state index contributed by atoms with van der Waals surface area (Å²) in [6.45, 7) is 9.63. The number of carbonyl (C=O) groups is 2. The summed E-state index contributed by atoms with van der Waals surface area (Å²) < 4.78 is 58.7. The van der Waals surface area contributed by atoms with E-state index in [0.717, 1.165) is 42.4 Å². The third-order valence-electron chi connectivity index (χ3n) is 12.2. The molecule has 0 aromatic heterocycles. The van der Waals surface area contributed by atoms with E-state index >= 15 is 0 Å². The van der Waals surface area contributed by atoms with Crippen LogP contribution in [0.15, 0.2) is 35.9 Å². The van der Waals surface area contributed by atoms with Crippen molar-refractivity contribution in [3.05, 3.63) is 47.0 Å². The van der Waals surface area contributed by atoms with E-state index in [9.17, 15) is 27.9 Å². The third kappa shape index (κ3) is 4.75. The highest BCUT2D eigenvalue weighted by molar-refractivity contribution is 5.91. The first kappa shape index (κ1) is 32.7. The molecule has 1 saturated heterocycles. The van der Waals surface area contributed by atoms with Crippen molar-refractivity contribution in [2.45, 2.75) is 90.0 Å². The minimum absolute atomic E-state index is 0.0149. The number of ether oxygens (including phenoxy) is 3.